The van der Waals surface area contributed by atoms with Gasteiger partial charge in [-0.15, -0.1) is 0 Å². The number of benzene rings is 2. The van der Waals surface area contributed by atoms with Crippen molar-refractivity contribution in [3.05, 3.63) is 79.1 Å². The van der Waals surface area contributed by atoms with Crippen LogP contribution in [0.1, 0.15) is 58.4 Å². The third-order valence-electron chi connectivity index (χ3n) is 6.87. The monoisotopic (exact) mass is 386 g/mol. The predicted octanol–water partition coefficient (Wildman–Crippen LogP) is 5.66. The molecule has 3 nitrogen and oxygen atoms in total. The zero-order chi connectivity index (χ0) is 21.5. The highest BCUT2D eigenvalue weighted by Gasteiger charge is 2.29. The summed E-state index contributed by atoms with van der Waals surface area (Å²) in [6.07, 6.45) is 1.35. The molecule has 1 aromatic heterocycles. The van der Waals surface area contributed by atoms with Gasteiger partial charge in [0.25, 0.3) is 5.56 Å². The van der Waals surface area contributed by atoms with E-state index in [0.29, 0.717) is 12.8 Å². The Morgan fingerprint density at radius 3 is 2.10 bits per heavy atom. The van der Waals surface area contributed by atoms with Crippen LogP contribution in [0.3, 0.4) is 0 Å². The molecule has 2 aromatic carbocycles. The van der Waals surface area contributed by atoms with Crippen molar-refractivity contribution in [1.29, 1.82) is 5.26 Å². The number of H-pyrrole nitrogens is 1. The van der Waals surface area contributed by atoms with E-state index in [1.54, 1.807) is 0 Å². The van der Waals surface area contributed by atoms with Gasteiger partial charge < -0.3 is 4.98 Å². The van der Waals surface area contributed by atoms with Crippen LogP contribution >= 0.6 is 0 Å². The molecule has 1 heterocycles. The molecule has 0 saturated heterocycles. The molecule has 1 unspecified atom stereocenters. The standard InChI is InChI=1S/C26H30N2O/c1-8-20-11-21-9-10-22(12-24(21)28-25(20)29)26(7,14-27)13-23-18(5)16(3)15(2)17(4)19(23)6/h9-12H,8,13H2,1-7H3,(H,28,29). The Labute approximate surface area is 173 Å². The van der Waals surface area contributed by atoms with E-state index in [1.165, 1.54) is 33.4 Å². The molecule has 0 amide bonds. The molecule has 3 heteroatoms. The van der Waals surface area contributed by atoms with E-state index in [1.807, 2.05) is 38.1 Å². The number of nitrogens with one attached hydrogen (secondary N) is 1. The van der Waals surface area contributed by atoms with Gasteiger partial charge in [-0.3, -0.25) is 4.79 Å². The minimum Gasteiger partial charge on any atom is -0.322 e. The van der Waals surface area contributed by atoms with E-state index < -0.39 is 5.41 Å². The van der Waals surface area contributed by atoms with Crippen molar-refractivity contribution in [3.8, 4) is 6.07 Å². The predicted molar refractivity (Wildman–Crippen MR) is 121 cm³/mol. The van der Waals surface area contributed by atoms with Gasteiger partial charge in [-0.05, 0) is 111 Å². The average Bonchev–Trinajstić information content (AvgIpc) is 2.72. The molecule has 1 atom stereocenters. The zero-order valence-electron chi connectivity index (χ0n) is 18.6. The number of rotatable bonds is 4. The summed E-state index contributed by atoms with van der Waals surface area (Å²) in [5, 5.41) is 11.2. The van der Waals surface area contributed by atoms with E-state index >= 15 is 0 Å². The number of hydrogen-bond acceptors (Lipinski definition) is 2. The number of nitrogens with zero attached hydrogens (tertiary/aromatic N) is 1. The van der Waals surface area contributed by atoms with Gasteiger partial charge in [0.1, 0.15) is 0 Å². The molecule has 1 N–H and O–H groups in total. The van der Waals surface area contributed by atoms with Crippen LogP contribution in [0.25, 0.3) is 10.9 Å². The SMILES string of the molecule is CCc1cc2ccc(C(C)(C#N)Cc3c(C)c(C)c(C)c(C)c3C)cc2[nH]c1=O. The highest BCUT2D eigenvalue weighted by molar-refractivity contribution is 5.80. The Bertz CT molecular complexity index is 1180. The number of aryl methyl sites for hydroxylation is 1. The third kappa shape index (κ3) is 3.49. The molecule has 0 fully saturated rings. The zero-order valence-corrected chi connectivity index (χ0v) is 18.6. The molecule has 29 heavy (non-hydrogen) atoms. The fraction of sp³-hybridized carbons (Fsp3) is 0.385. The first kappa shape index (κ1) is 20.9. The van der Waals surface area contributed by atoms with Crippen molar-refractivity contribution in [1.82, 2.24) is 4.98 Å². The first-order valence-corrected chi connectivity index (χ1v) is 10.3. The topological polar surface area (TPSA) is 56.6 Å². The fourth-order valence-electron chi connectivity index (χ4n) is 4.25. The van der Waals surface area contributed by atoms with E-state index in [0.717, 1.165) is 22.0 Å². The lowest BCUT2D eigenvalue weighted by molar-refractivity contribution is 0.602. The van der Waals surface area contributed by atoms with Crippen LogP contribution in [0.15, 0.2) is 29.1 Å². The Balaban J connectivity index is 2.14. The first-order valence-electron chi connectivity index (χ1n) is 10.3. The maximum Gasteiger partial charge on any atom is 0.251 e. The minimum absolute atomic E-state index is 0.0488. The van der Waals surface area contributed by atoms with Crippen molar-refractivity contribution in [2.24, 2.45) is 0 Å². The number of aromatic nitrogens is 1. The van der Waals surface area contributed by atoms with Crippen molar-refractivity contribution < 1.29 is 0 Å². The number of pyridine rings is 1. The Morgan fingerprint density at radius 1 is 0.966 bits per heavy atom. The molecule has 0 spiro atoms. The van der Waals surface area contributed by atoms with Gasteiger partial charge in [0.2, 0.25) is 0 Å². The molecule has 0 aliphatic heterocycles. The van der Waals surface area contributed by atoms with E-state index in [2.05, 4.69) is 45.7 Å². The molecule has 3 rings (SSSR count). The van der Waals surface area contributed by atoms with Crippen LogP contribution in [-0.2, 0) is 18.3 Å². The first-order chi connectivity index (χ1) is 13.6. The van der Waals surface area contributed by atoms with Crippen molar-refractivity contribution >= 4 is 10.9 Å². The summed E-state index contributed by atoms with van der Waals surface area (Å²) < 4.78 is 0. The van der Waals surface area contributed by atoms with E-state index in [4.69, 9.17) is 0 Å². The molecule has 0 aliphatic rings. The second-order valence-corrected chi connectivity index (χ2v) is 8.50. The van der Waals surface area contributed by atoms with Crippen LogP contribution in [0, 0.1) is 45.9 Å². The number of hydrogen-bond donors (Lipinski definition) is 1. The molecule has 0 bridgehead atoms. The summed E-state index contributed by atoms with van der Waals surface area (Å²) in [5.41, 5.74) is 9.51. The normalized spacial score (nSPS) is 13.3. The lowest BCUT2D eigenvalue weighted by Crippen LogP contribution is -2.24. The molecular formula is C26H30N2O. The van der Waals surface area contributed by atoms with E-state index in [-0.39, 0.29) is 5.56 Å². The Hall–Kier alpha value is -2.86. The summed E-state index contributed by atoms with van der Waals surface area (Å²) in [5.74, 6) is 0. The Morgan fingerprint density at radius 2 is 1.55 bits per heavy atom. The van der Waals surface area contributed by atoms with E-state index in [9.17, 15) is 10.1 Å². The second-order valence-electron chi connectivity index (χ2n) is 8.50. The van der Waals surface area contributed by atoms with Gasteiger partial charge in [-0.25, -0.2) is 0 Å². The molecule has 150 valence electrons. The van der Waals surface area contributed by atoms with Crippen LogP contribution in [0.4, 0.5) is 0 Å². The molecular weight excluding hydrogens is 356 g/mol. The summed E-state index contributed by atoms with van der Waals surface area (Å²) in [6, 6.07) is 10.5. The highest BCUT2D eigenvalue weighted by Crippen LogP contribution is 2.34. The lowest BCUT2D eigenvalue weighted by Gasteiger charge is -2.27. The van der Waals surface area contributed by atoms with Gasteiger partial charge in [0.05, 0.1) is 11.5 Å². The minimum atomic E-state index is -0.682. The van der Waals surface area contributed by atoms with Gasteiger partial charge in [-0.2, -0.15) is 5.26 Å². The van der Waals surface area contributed by atoms with Crippen molar-refractivity contribution in [2.45, 2.75) is 66.7 Å². The molecule has 0 radical (unpaired) electrons. The van der Waals surface area contributed by atoms with Gasteiger partial charge >= 0.3 is 0 Å². The molecule has 3 aromatic rings. The number of nitriles is 1. The van der Waals surface area contributed by atoms with Crippen molar-refractivity contribution in [3.63, 3.8) is 0 Å². The lowest BCUT2D eigenvalue weighted by atomic mass is 9.75. The summed E-state index contributed by atoms with van der Waals surface area (Å²) in [4.78, 5) is 15.3. The second kappa shape index (κ2) is 7.52. The van der Waals surface area contributed by atoms with Crippen LogP contribution in [0.2, 0.25) is 0 Å². The summed E-state index contributed by atoms with van der Waals surface area (Å²) >= 11 is 0. The Kier molecular flexibility index (Phi) is 5.41. The van der Waals surface area contributed by atoms with Crippen LogP contribution < -0.4 is 5.56 Å². The smallest absolute Gasteiger partial charge is 0.251 e. The molecule has 0 saturated carbocycles. The van der Waals surface area contributed by atoms with Gasteiger partial charge in [-0.1, -0.05) is 19.1 Å². The maximum absolute atomic E-state index is 12.3. The number of fused-ring (bicyclic) bond motifs is 1. The van der Waals surface area contributed by atoms with Crippen LogP contribution in [0.5, 0.6) is 0 Å². The quantitative estimate of drug-likeness (QED) is 0.629. The largest absolute Gasteiger partial charge is 0.322 e. The van der Waals surface area contributed by atoms with Gasteiger partial charge in [0.15, 0.2) is 0 Å². The van der Waals surface area contributed by atoms with Crippen LogP contribution in [-0.4, -0.2) is 4.98 Å². The third-order valence-corrected chi connectivity index (χ3v) is 6.87. The number of aromatic amines is 1. The maximum atomic E-state index is 12.3. The van der Waals surface area contributed by atoms with Gasteiger partial charge in [0, 0.05) is 11.1 Å². The highest BCUT2D eigenvalue weighted by atomic mass is 16.1. The summed E-state index contributed by atoms with van der Waals surface area (Å²) in [6.45, 7) is 14.8. The summed E-state index contributed by atoms with van der Waals surface area (Å²) in [7, 11) is 0. The van der Waals surface area contributed by atoms with Crippen molar-refractivity contribution in [2.75, 3.05) is 0 Å². The fourth-order valence-corrected chi connectivity index (χ4v) is 4.25. The molecule has 0 aliphatic carbocycles. The average molecular weight is 387 g/mol.